The molecule has 2 aliphatic rings. The van der Waals surface area contributed by atoms with Crippen LogP contribution in [0.3, 0.4) is 0 Å². The third-order valence-corrected chi connectivity index (χ3v) is 4.09. The summed E-state index contributed by atoms with van der Waals surface area (Å²) in [6.07, 6.45) is 5.71. The number of aliphatic hydroxyl groups excluding tert-OH is 1. The minimum Gasteiger partial charge on any atom is -0.388 e. The van der Waals surface area contributed by atoms with E-state index in [1.807, 2.05) is 0 Å². The molecule has 3 rings (SSSR count). The Morgan fingerprint density at radius 2 is 2.24 bits per heavy atom. The number of fused-ring (bicyclic) bond motifs is 1. The van der Waals surface area contributed by atoms with Crippen LogP contribution in [-0.2, 0) is 6.42 Å². The minimum atomic E-state index is -0.250. The molecule has 0 bridgehead atoms. The van der Waals surface area contributed by atoms with Crippen molar-refractivity contribution >= 4 is 5.69 Å². The van der Waals surface area contributed by atoms with Gasteiger partial charge in [0.25, 0.3) is 0 Å². The zero-order valence-corrected chi connectivity index (χ0v) is 10.5. The van der Waals surface area contributed by atoms with Crippen LogP contribution in [-0.4, -0.2) is 18.7 Å². The highest BCUT2D eigenvalue weighted by atomic mass is 16.3. The van der Waals surface area contributed by atoms with Crippen LogP contribution in [0.15, 0.2) is 18.2 Å². The Morgan fingerprint density at radius 1 is 1.41 bits per heavy atom. The SMILES string of the molecule is CN1CCCc2cc(C(O)CC3CC3)ccc21. The number of anilines is 1. The van der Waals surface area contributed by atoms with E-state index in [1.54, 1.807) is 0 Å². The fourth-order valence-electron chi connectivity index (χ4n) is 2.82. The van der Waals surface area contributed by atoms with Gasteiger partial charge in [-0.1, -0.05) is 25.0 Å². The molecule has 1 unspecified atom stereocenters. The Morgan fingerprint density at radius 3 is 3.00 bits per heavy atom. The lowest BCUT2D eigenvalue weighted by Gasteiger charge is -2.28. The number of aryl methyl sites for hydroxylation is 1. The summed E-state index contributed by atoms with van der Waals surface area (Å²) in [6, 6.07) is 6.51. The topological polar surface area (TPSA) is 23.5 Å². The van der Waals surface area contributed by atoms with E-state index in [9.17, 15) is 5.11 Å². The average molecular weight is 231 g/mol. The Balaban J connectivity index is 1.81. The van der Waals surface area contributed by atoms with Crippen LogP contribution in [0.25, 0.3) is 0 Å². The van der Waals surface area contributed by atoms with E-state index < -0.39 is 0 Å². The lowest BCUT2D eigenvalue weighted by atomic mass is 9.96. The molecule has 1 aromatic carbocycles. The third kappa shape index (κ3) is 2.32. The number of aliphatic hydroxyl groups is 1. The van der Waals surface area contributed by atoms with Crippen molar-refractivity contribution in [2.24, 2.45) is 5.92 Å². The van der Waals surface area contributed by atoms with Gasteiger partial charge < -0.3 is 10.0 Å². The zero-order valence-electron chi connectivity index (χ0n) is 10.5. The molecular formula is C15H21NO. The van der Waals surface area contributed by atoms with Crippen molar-refractivity contribution in [2.45, 2.75) is 38.2 Å². The monoisotopic (exact) mass is 231 g/mol. The van der Waals surface area contributed by atoms with Gasteiger partial charge in [-0.15, -0.1) is 0 Å². The van der Waals surface area contributed by atoms with Crippen LogP contribution in [0.1, 0.15) is 42.9 Å². The maximum atomic E-state index is 10.2. The van der Waals surface area contributed by atoms with Gasteiger partial charge in [-0.2, -0.15) is 0 Å². The lowest BCUT2D eigenvalue weighted by molar-refractivity contribution is 0.160. The first-order chi connectivity index (χ1) is 8.24. The van der Waals surface area contributed by atoms with E-state index in [-0.39, 0.29) is 6.10 Å². The molecule has 1 fully saturated rings. The standard InChI is InChI=1S/C15H21NO/c1-16-8-2-3-12-10-13(6-7-14(12)16)15(17)9-11-4-5-11/h6-7,10-11,15,17H,2-5,8-9H2,1H3. The van der Waals surface area contributed by atoms with Crippen molar-refractivity contribution in [2.75, 3.05) is 18.5 Å². The Labute approximate surface area is 103 Å². The molecule has 1 aromatic rings. The van der Waals surface area contributed by atoms with Gasteiger partial charge in [-0.3, -0.25) is 0 Å². The predicted molar refractivity (Wildman–Crippen MR) is 70.3 cm³/mol. The Hall–Kier alpha value is -1.02. The second-order valence-corrected chi connectivity index (χ2v) is 5.61. The van der Waals surface area contributed by atoms with Crippen molar-refractivity contribution in [3.8, 4) is 0 Å². The van der Waals surface area contributed by atoms with Crippen molar-refractivity contribution in [1.29, 1.82) is 0 Å². The highest BCUT2D eigenvalue weighted by Gasteiger charge is 2.25. The summed E-state index contributed by atoms with van der Waals surface area (Å²) in [6.45, 7) is 1.15. The molecule has 92 valence electrons. The summed E-state index contributed by atoms with van der Waals surface area (Å²) in [7, 11) is 2.15. The van der Waals surface area contributed by atoms with Crippen LogP contribution in [0.5, 0.6) is 0 Å². The van der Waals surface area contributed by atoms with Gasteiger partial charge in [-0.05, 0) is 42.4 Å². The fraction of sp³-hybridized carbons (Fsp3) is 0.600. The third-order valence-electron chi connectivity index (χ3n) is 4.09. The van der Waals surface area contributed by atoms with Gasteiger partial charge in [-0.25, -0.2) is 0 Å². The van der Waals surface area contributed by atoms with Gasteiger partial charge in [0.1, 0.15) is 0 Å². The molecule has 1 N–H and O–H groups in total. The number of hydrogen-bond donors (Lipinski definition) is 1. The van der Waals surface area contributed by atoms with Crippen molar-refractivity contribution in [1.82, 2.24) is 0 Å². The van der Waals surface area contributed by atoms with Crippen LogP contribution < -0.4 is 4.90 Å². The molecule has 0 saturated heterocycles. The average Bonchev–Trinajstić information content (AvgIpc) is 3.13. The summed E-state index contributed by atoms with van der Waals surface area (Å²) in [4.78, 5) is 2.32. The van der Waals surface area contributed by atoms with Crippen LogP contribution >= 0.6 is 0 Å². The molecule has 1 aliphatic heterocycles. The van der Waals surface area contributed by atoms with Crippen LogP contribution in [0.4, 0.5) is 5.69 Å². The van der Waals surface area contributed by atoms with Gasteiger partial charge in [0.2, 0.25) is 0 Å². The van der Waals surface area contributed by atoms with Crippen molar-refractivity contribution < 1.29 is 5.11 Å². The van der Waals surface area contributed by atoms with Gasteiger partial charge >= 0.3 is 0 Å². The van der Waals surface area contributed by atoms with E-state index in [2.05, 4.69) is 30.1 Å². The Bertz CT molecular complexity index is 411. The molecule has 1 aliphatic carbocycles. The molecule has 2 heteroatoms. The molecule has 1 atom stereocenters. The first-order valence-electron chi connectivity index (χ1n) is 6.76. The molecule has 0 radical (unpaired) electrons. The van der Waals surface area contributed by atoms with E-state index in [0.717, 1.165) is 30.9 Å². The smallest absolute Gasteiger partial charge is 0.0792 e. The molecule has 17 heavy (non-hydrogen) atoms. The van der Waals surface area contributed by atoms with E-state index in [1.165, 1.54) is 30.5 Å². The predicted octanol–water partition coefficient (Wildman–Crippen LogP) is 2.90. The minimum absolute atomic E-state index is 0.250. The van der Waals surface area contributed by atoms with E-state index in [4.69, 9.17) is 0 Å². The van der Waals surface area contributed by atoms with Gasteiger partial charge in [0.05, 0.1) is 6.10 Å². The molecule has 2 nitrogen and oxygen atoms in total. The largest absolute Gasteiger partial charge is 0.388 e. The maximum absolute atomic E-state index is 10.2. The van der Waals surface area contributed by atoms with Crippen molar-refractivity contribution in [3.05, 3.63) is 29.3 Å². The lowest BCUT2D eigenvalue weighted by Crippen LogP contribution is -2.24. The molecule has 0 aromatic heterocycles. The number of benzene rings is 1. The molecule has 0 spiro atoms. The second-order valence-electron chi connectivity index (χ2n) is 5.61. The first-order valence-corrected chi connectivity index (χ1v) is 6.76. The normalized spacial score (nSPS) is 21.2. The number of rotatable bonds is 3. The molecular weight excluding hydrogens is 210 g/mol. The summed E-state index contributed by atoms with van der Waals surface area (Å²) >= 11 is 0. The fourth-order valence-corrected chi connectivity index (χ4v) is 2.82. The highest BCUT2D eigenvalue weighted by Crippen LogP contribution is 2.38. The van der Waals surface area contributed by atoms with Crippen LogP contribution in [0, 0.1) is 5.92 Å². The second kappa shape index (κ2) is 4.34. The van der Waals surface area contributed by atoms with E-state index >= 15 is 0 Å². The highest BCUT2D eigenvalue weighted by molar-refractivity contribution is 5.56. The van der Waals surface area contributed by atoms with E-state index in [0.29, 0.717) is 0 Å². The maximum Gasteiger partial charge on any atom is 0.0792 e. The van der Waals surface area contributed by atoms with Gasteiger partial charge in [0, 0.05) is 19.3 Å². The Kier molecular flexibility index (Phi) is 2.83. The summed E-state index contributed by atoms with van der Waals surface area (Å²) in [5, 5.41) is 10.2. The molecule has 1 heterocycles. The zero-order chi connectivity index (χ0) is 11.8. The quantitative estimate of drug-likeness (QED) is 0.864. The molecule has 0 amide bonds. The number of nitrogens with zero attached hydrogens (tertiary/aromatic N) is 1. The van der Waals surface area contributed by atoms with Crippen LogP contribution in [0.2, 0.25) is 0 Å². The number of hydrogen-bond acceptors (Lipinski definition) is 2. The summed E-state index contributed by atoms with van der Waals surface area (Å²) in [5.74, 6) is 0.781. The van der Waals surface area contributed by atoms with Gasteiger partial charge in [0.15, 0.2) is 0 Å². The summed E-state index contributed by atoms with van der Waals surface area (Å²) < 4.78 is 0. The first kappa shape index (κ1) is 11.1. The summed E-state index contributed by atoms with van der Waals surface area (Å²) in [5.41, 5.74) is 3.87. The molecule has 1 saturated carbocycles. The van der Waals surface area contributed by atoms with Crippen molar-refractivity contribution in [3.63, 3.8) is 0 Å².